The predicted molar refractivity (Wildman–Crippen MR) is 79.7 cm³/mol. The Hall–Kier alpha value is -1.72. The fraction of sp³-hybridized carbons (Fsp3) is 0.467. The summed E-state index contributed by atoms with van der Waals surface area (Å²) in [5, 5.41) is 3.47. The molecule has 20 heavy (non-hydrogen) atoms. The van der Waals surface area contributed by atoms with Gasteiger partial charge in [-0.15, -0.1) is 0 Å². The highest BCUT2D eigenvalue weighted by molar-refractivity contribution is 5.73. The highest BCUT2D eigenvalue weighted by Crippen LogP contribution is 2.09. The van der Waals surface area contributed by atoms with Crippen molar-refractivity contribution in [1.82, 2.24) is 20.2 Å². The van der Waals surface area contributed by atoms with E-state index in [9.17, 15) is 4.79 Å². The summed E-state index contributed by atoms with van der Waals surface area (Å²) in [5.74, 6) is 0. The number of para-hydroxylation sites is 2. The maximum atomic E-state index is 12.0. The first-order valence-corrected chi connectivity index (χ1v) is 7.12. The third kappa shape index (κ3) is 2.89. The second-order valence-corrected chi connectivity index (χ2v) is 5.52. The number of rotatable bonds is 4. The first kappa shape index (κ1) is 13.3. The van der Waals surface area contributed by atoms with Crippen molar-refractivity contribution in [2.45, 2.75) is 25.4 Å². The van der Waals surface area contributed by atoms with Crippen LogP contribution in [0.3, 0.4) is 0 Å². The molecule has 3 rings (SSSR count). The number of hydrogen-bond donors (Lipinski definition) is 2. The molecule has 5 nitrogen and oxygen atoms in total. The van der Waals surface area contributed by atoms with E-state index in [0.29, 0.717) is 18.3 Å². The van der Waals surface area contributed by atoms with Gasteiger partial charge >= 0.3 is 0 Å². The number of nitrogens with one attached hydrogen (secondary N) is 2. The second-order valence-electron chi connectivity index (χ2n) is 5.52. The van der Waals surface area contributed by atoms with Crippen LogP contribution in [0.2, 0.25) is 0 Å². The summed E-state index contributed by atoms with van der Waals surface area (Å²) in [6.45, 7) is 2.64. The van der Waals surface area contributed by atoms with Crippen molar-refractivity contribution in [1.29, 1.82) is 0 Å². The van der Waals surface area contributed by atoms with Gasteiger partial charge in [-0.2, -0.15) is 0 Å². The van der Waals surface area contributed by atoms with Crippen LogP contribution in [-0.2, 0) is 6.54 Å². The minimum atomic E-state index is -0.0880. The van der Waals surface area contributed by atoms with Crippen LogP contribution in [0.5, 0.6) is 0 Å². The van der Waals surface area contributed by atoms with Gasteiger partial charge in [0.15, 0.2) is 0 Å². The summed E-state index contributed by atoms with van der Waals surface area (Å²) in [5.41, 5.74) is 2.13. The topological polar surface area (TPSA) is 61.0 Å². The normalized spacial score (nSPS) is 19.0. The van der Waals surface area contributed by atoms with Crippen molar-refractivity contribution in [3.05, 3.63) is 40.3 Å². The number of likely N-dealkylation sites (N-methyl/N-ethyl adjacent to an activating group) is 1. The van der Waals surface area contributed by atoms with Crippen molar-refractivity contribution >= 4 is 11.0 Å². The molecule has 0 aliphatic carbocycles. The third-order valence-electron chi connectivity index (χ3n) is 3.78. The summed E-state index contributed by atoms with van der Waals surface area (Å²) in [7, 11) is 2.04. The maximum absolute atomic E-state index is 12.0. The van der Waals surface area contributed by atoms with Gasteiger partial charge < -0.3 is 10.3 Å². The lowest BCUT2D eigenvalue weighted by molar-refractivity contribution is 0.289. The summed E-state index contributed by atoms with van der Waals surface area (Å²) in [6, 6.07) is 8.17. The van der Waals surface area contributed by atoms with Crippen LogP contribution in [0.4, 0.5) is 0 Å². The molecule has 2 heterocycles. The highest BCUT2D eigenvalue weighted by Gasteiger charge is 2.17. The van der Waals surface area contributed by atoms with Crippen LogP contribution < -0.4 is 10.9 Å². The molecule has 106 valence electrons. The fourth-order valence-electron chi connectivity index (χ4n) is 2.78. The molecule has 0 radical (unpaired) electrons. The minimum absolute atomic E-state index is 0.0880. The Balaban J connectivity index is 1.76. The lowest BCUT2D eigenvalue weighted by atomic mass is 10.2. The average molecular weight is 272 g/mol. The van der Waals surface area contributed by atoms with Gasteiger partial charge in [0, 0.05) is 19.1 Å². The number of benzene rings is 1. The van der Waals surface area contributed by atoms with Crippen molar-refractivity contribution in [3.8, 4) is 0 Å². The largest absolute Gasteiger partial charge is 0.319 e. The number of nitrogens with zero attached hydrogens (tertiary/aromatic N) is 2. The maximum Gasteiger partial charge on any atom is 0.271 e. The molecule has 1 unspecified atom stereocenters. The number of aromatic nitrogens is 2. The fourth-order valence-corrected chi connectivity index (χ4v) is 2.78. The Morgan fingerprint density at radius 2 is 2.25 bits per heavy atom. The third-order valence-corrected chi connectivity index (χ3v) is 3.78. The van der Waals surface area contributed by atoms with Crippen LogP contribution in [0.25, 0.3) is 11.0 Å². The molecule has 1 fully saturated rings. The summed E-state index contributed by atoms with van der Waals surface area (Å²) in [4.78, 5) is 21.6. The predicted octanol–water partition coefficient (Wildman–Crippen LogP) is 1.11. The quantitative estimate of drug-likeness (QED) is 0.875. The van der Waals surface area contributed by atoms with E-state index >= 15 is 0 Å². The van der Waals surface area contributed by atoms with Crippen LogP contribution >= 0.6 is 0 Å². The van der Waals surface area contributed by atoms with Crippen LogP contribution in [-0.4, -0.2) is 41.0 Å². The van der Waals surface area contributed by atoms with Gasteiger partial charge in [-0.05, 0) is 38.6 Å². The van der Waals surface area contributed by atoms with Crippen molar-refractivity contribution < 1.29 is 0 Å². The Kier molecular flexibility index (Phi) is 3.80. The lowest BCUT2D eigenvalue weighted by Gasteiger charge is -2.20. The molecule has 1 aromatic carbocycles. The molecule has 5 heteroatoms. The number of hydrogen-bond acceptors (Lipinski definition) is 4. The monoisotopic (exact) mass is 272 g/mol. The van der Waals surface area contributed by atoms with E-state index in [0.717, 1.165) is 24.1 Å². The molecule has 1 saturated heterocycles. The smallest absolute Gasteiger partial charge is 0.271 e. The van der Waals surface area contributed by atoms with Gasteiger partial charge in [0.05, 0.1) is 11.0 Å². The first-order valence-electron chi connectivity index (χ1n) is 7.12. The highest BCUT2D eigenvalue weighted by atomic mass is 16.1. The molecule has 2 aromatic rings. The Bertz CT molecular complexity index is 646. The molecule has 1 aromatic heterocycles. The molecule has 1 aliphatic rings. The van der Waals surface area contributed by atoms with Crippen molar-refractivity contribution in [2.24, 2.45) is 0 Å². The van der Waals surface area contributed by atoms with Gasteiger partial charge in [0.25, 0.3) is 5.56 Å². The molecule has 0 saturated carbocycles. The number of fused-ring (bicyclic) bond motifs is 1. The van der Waals surface area contributed by atoms with Crippen molar-refractivity contribution in [2.75, 3.05) is 20.1 Å². The van der Waals surface area contributed by atoms with E-state index in [1.54, 1.807) is 0 Å². The van der Waals surface area contributed by atoms with E-state index in [1.165, 1.54) is 12.8 Å². The van der Waals surface area contributed by atoms with E-state index in [2.05, 4.69) is 20.2 Å². The second kappa shape index (κ2) is 5.73. The molecular formula is C15H20N4O. The van der Waals surface area contributed by atoms with Crippen LogP contribution in [0.1, 0.15) is 18.5 Å². The molecule has 0 amide bonds. The SMILES string of the molecule is CN(Cc1nc2ccccc2[nH]c1=O)CC1CCCN1. The van der Waals surface area contributed by atoms with E-state index in [-0.39, 0.29) is 5.56 Å². The summed E-state index contributed by atoms with van der Waals surface area (Å²) >= 11 is 0. The molecule has 1 aliphatic heterocycles. The van der Waals surface area contributed by atoms with E-state index < -0.39 is 0 Å². The van der Waals surface area contributed by atoms with Crippen molar-refractivity contribution in [3.63, 3.8) is 0 Å². The van der Waals surface area contributed by atoms with Gasteiger partial charge in [-0.3, -0.25) is 9.69 Å². The van der Waals surface area contributed by atoms with Gasteiger partial charge in [0.1, 0.15) is 5.69 Å². The first-order chi connectivity index (χ1) is 9.72. The minimum Gasteiger partial charge on any atom is -0.319 e. The number of H-pyrrole nitrogens is 1. The van der Waals surface area contributed by atoms with E-state index in [4.69, 9.17) is 0 Å². The standard InChI is InChI=1S/C15H20N4O/c1-19(9-11-5-4-8-16-11)10-14-15(20)18-13-7-3-2-6-12(13)17-14/h2-3,6-7,11,16H,4-5,8-10H2,1H3,(H,18,20). The van der Waals surface area contributed by atoms with Gasteiger partial charge in [-0.25, -0.2) is 4.98 Å². The average Bonchev–Trinajstić information content (AvgIpc) is 2.92. The zero-order valence-electron chi connectivity index (χ0n) is 11.7. The Labute approximate surface area is 118 Å². The molecule has 1 atom stereocenters. The summed E-state index contributed by atoms with van der Waals surface area (Å²) in [6.07, 6.45) is 2.46. The van der Waals surface area contributed by atoms with Crippen LogP contribution in [0.15, 0.2) is 29.1 Å². The summed E-state index contributed by atoms with van der Waals surface area (Å²) < 4.78 is 0. The zero-order valence-corrected chi connectivity index (χ0v) is 11.7. The molecular weight excluding hydrogens is 252 g/mol. The van der Waals surface area contributed by atoms with Gasteiger partial charge in [-0.1, -0.05) is 12.1 Å². The van der Waals surface area contributed by atoms with E-state index in [1.807, 2.05) is 31.3 Å². The Morgan fingerprint density at radius 1 is 1.40 bits per heavy atom. The molecule has 0 spiro atoms. The van der Waals surface area contributed by atoms with Crippen LogP contribution in [0, 0.1) is 0 Å². The molecule has 2 N–H and O–H groups in total. The number of aromatic amines is 1. The zero-order chi connectivity index (χ0) is 13.9. The van der Waals surface area contributed by atoms with Gasteiger partial charge in [0.2, 0.25) is 0 Å². The molecule has 0 bridgehead atoms. The lowest BCUT2D eigenvalue weighted by Crippen LogP contribution is -2.36. The Morgan fingerprint density at radius 3 is 3.05 bits per heavy atom.